The number of aryl methyl sites for hydroxylation is 12. The average Bonchev–Trinajstić information content (AvgIpc) is 1.63. The molecule has 10 aromatic heterocycles. The van der Waals surface area contributed by atoms with Gasteiger partial charge in [-0.2, -0.15) is 0 Å². The lowest BCUT2D eigenvalue weighted by Crippen LogP contribution is -2.36. The van der Waals surface area contributed by atoms with Crippen molar-refractivity contribution in [2.24, 2.45) is 35.2 Å². The van der Waals surface area contributed by atoms with Crippen LogP contribution in [0.15, 0.2) is 139 Å². The maximum absolute atomic E-state index is 15.5. The zero-order valence-electron chi connectivity index (χ0n) is 86.8. The van der Waals surface area contributed by atoms with E-state index in [2.05, 4.69) is 137 Å². The first kappa shape index (κ1) is 108. The summed E-state index contributed by atoms with van der Waals surface area (Å²) < 4.78 is 61.2. The lowest BCUT2D eigenvalue weighted by atomic mass is 9.96. The van der Waals surface area contributed by atoms with Crippen molar-refractivity contribution >= 4 is 84.4 Å². The van der Waals surface area contributed by atoms with Crippen LogP contribution in [0, 0.1) is 38.2 Å². The maximum atomic E-state index is 15.5. The normalized spacial score (nSPS) is 14.2. The highest BCUT2D eigenvalue weighted by molar-refractivity contribution is 5.97. The molecule has 4 aliphatic rings. The first-order valence-electron chi connectivity index (χ1n) is 51.0. The summed E-state index contributed by atoms with van der Waals surface area (Å²) in [6.07, 6.45) is 11.6. The van der Waals surface area contributed by atoms with E-state index in [0.29, 0.717) is 136 Å². The molecule has 5 aromatic carbocycles. The number of fused-ring (bicyclic) bond motifs is 5. The van der Waals surface area contributed by atoms with E-state index in [1.165, 1.54) is 110 Å². The molecule has 0 unspecified atom stereocenters. The Kier molecular flexibility index (Phi) is 33.6. The van der Waals surface area contributed by atoms with Crippen molar-refractivity contribution in [2.75, 3.05) is 78.7 Å². The smallest absolute Gasteiger partial charge is 0.341 e. The van der Waals surface area contributed by atoms with E-state index in [4.69, 9.17) is 4.74 Å². The van der Waals surface area contributed by atoms with Crippen LogP contribution in [0.1, 0.15) is 218 Å². The van der Waals surface area contributed by atoms with Crippen LogP contribution in [0.25, 0.3) is 111 Å². The van der Waals surface area contributed by atoms with E-state index in [1.807, 2.05) is 106 Å². The number of rotatable bonds is 27. The van der Waals surface area contributed by atoms with Gasteiger partial charge in [0.25, 0.3) is 27.8 Å². The molecule has 4 saturated heterocycles. The Morgan fingerprint density at radius 2 is 0.574 bits per heavy atom. The topological polar surface area (TPSA) is 401 Å². The van der Waals surface area contributed by atoms with Gasteiger partial charge in [-0.05, 0) is 315 Å². The van der Waals surface area contributed by atoms with Gasteiger partial charge in [-0.3, -0.25) is 48.5 Å². The second-order valence-corrected chi connectivity index (χ2v) is 39.0. The lowest BCUT2D eigenvalue weighted by molar-refractivity contribution is 0.0333. The summed E-state index contributed by atoms with van der Waals surface area (Å²) in [5, 5.41) is 50.7. The van der Waals surface area contributed by atoms with Crippen molar-refractivity contribution < 1.29 is 67.4 Å². The SMILES string of the molecule is CCc1cc(C(=O)O)c(=O)[nH]c1-c1cc(C)c2c(c1)cc(CN1CCCC1)n2C.CCc1cc(C(=O)O)c(=O)[nH]c1-c1cc(C)c2c(c1)cc(CN1CCCCC1)n2C.CCc1cc(C(=O)O)c(=O)[nH]c1-c1cc(F)c2c(c1)cc(CN(CC)CC)n2C.CCc1cc(C(=O)O)c(=O)[nH]c1-c1cc(F)c2c(c1)cc(CN1CCCC1)n2C.CCc1cc(C(=O)O)c(=O)[nH]c1-c1cc2cc(CN3CCOCC3)n(C)c2c(F)c1C. The number of nitrogens with zero attached hydrogens (tertiary/aromatic N) is 10. The Labute approximate surface area is 853 Å². The maximum Gasteiger partial charge on any atom is 0.341 e. The first-order chi connectivity index (χ1) is 70.8. The number of hydrogen-bond acceptors (Lipinski definition) is 16. The fourth-order valence-electron chi connectivity index (χ4n) is 21.5. The molecule has 14 heterocycles. The molecule has 0 radical (unpaired) electrons. The molecule has 4 fully saturated rings. The van der Waals surface area contributed by atoms with E-state index in [9.17, 15) is 73.5 Å². The van der Waals surface area contributed by atoms with Gasteiger partial charge < -0.3 is 78.0 Å². The largest absolute Gasteiger partial charge is 0.477 e. The third-order valence-electron chi connectivity index (χ3n) is 29.7. The van der Waals surface area contributed by atoms with Crippen LogP contribution in [0.3, 0.4) is 0 Å². The summed E-state index contributed by atoms with van der Waals surface area (Å²) in [4.78, 5) is 143. The molecule has 15 aromatic rings. The average molecular weight is 2030 g/mol. The number of carboxylic acid groups (broad SMARTS) is 5. The van der Waals surface area contributed by atoms with Gasteiger partial charge >= 0.3 is 29.8 Å². The summed E-state index contributed by atoms with van der Waals surface area (Å²) >= 11 is 0. The number of morpholine rings is 1. The molecule has 10 N–H and O–H groups in total. The standard InChI is InChI=1S/C24H29N3O3.C23H26FN3O4.C23H27N3O3.C22H24FN3O3.C22H26FN3O3/c1-4-16-13-20(24(29)30)23(28)25-21(16)17-10-15(2)22-18(11-17)12-19(26(22)3)14-27-8-6-5-7-9-27;1-4-14-10-18(23(29)30)22(28)25-20(14)17-11-15-9-16(12-27-5-7-31-8-6-27)26(3)21(15)19(24)13(17)2;1-4-15-12-19(23(28)29)22(27)24-20(15)16-9-14(2)21-17(10-16)11-18(25(21)3)13-26-7-5-6-8-26;1-3-13-10-17(22(28)29)21(27)24-19(13)14-8-15-9-16(12-26-6-4-5-7-26)25(2)20(15)18(23)11-14;1-5-13-10-17(22(28)29)21(27)24-19(13)14-8-15-9-16(12-26(6-2)7-3)25(4)20(15)18(23)11-14/h10-13H,4-9,14H2,1-3H3,(H,25,28)(H,29,30);9-11H,4-8,12H2,1-3H3,(H,25,28)(H,29,30);9-12H,4-8,13H2,1-3H3,(H,24,27)(H,28,29);8-11H,3-7,12H2,1-2H3,(H,24,27)(H,28,29);8-11H,5-7,12H2,1-4H3,(H,24,27)(H,28,29). The van der Waals surface area contributed by atoms with Gasteiger partial charge in [-0.1, -0.05) is 54.9 Å². The van der Waals surface area contributed by atoms with E-state index < -0.39 is 57.6 Å². The Morgan fingerprint density at radius 3 is 0.885 bits per heavy atom. The van der Waals surface area contributed by atoms with E-state index in [0.717, 1.165) is 169 Å². The number of benzene rings is 5. The molecule has 34 heteroatoms. The van der Waals surface area contributed by atoms with Crippen LogP contribution < -0.4 is 27.8 Å². The molecular formula is C114H132F3N15O16. The number of aromatic amines is 5. The van der Waals surface area contributed by atoms with Crippen LogP contribution in [0.2, 0.25) is 0 Å². The quantitative estimate of drug-likeness (QED) is 0.0229. The van der Waals surface area contributed by atoms with Crippen molar-refractivity contribution in [3.05, 3.63) is 285 Å². The number of pyridine rings is 5. The number of H-pyrrole nitrogens is 5. The Bertz CT molecular complexity index is 7550. The Hall–Kier alpha value is -14.6. The summed E-state index contributed by atoms with van der Waals surface area (Å²) in [6, 6.07) is 34.3. The summed E-state index contributed by atoms with van der Waals surface area (Å²) in [6.45, 7) is 35.3. The molecule has 148 heavy (non-hydrogen) atoms. The van der Waals surface area contributed by atoms with E-state index >= 15 is 13.2 Å². The number of aromatic nitrogens is 10. The van der Waals surface area contributed by atoms with Crippen LogP contribution in [-0.2, 0) is 105 Å². The minimum absolute atomic E-state index is 0.211. The minimum Gasteiger partial charge on any atom is -0.477 e. The molecule has 31 nitrogen and oxygen atoms in total. The number of aromatic carboxylic acids is 5. The first-order valence-corrected chi connectivity index (χ1v) is 51.0. The molecule has 0 aliphatic carbocycles. The third kappa shape index (κ3) is 22.8. The third-order valence-corrected chi connectivity index (χ3v) is 29.7. The monoisotopic (exact) mass is 2020 g/mol. The van der Waals surface area contributed by atoms with Crippen molar-refractivity contribution in [1.82, 2.24) is 72.3 Å². The molecule has 780 valence electrons. The Balaban J connectivity index is 0.000000139. The molecule has 0 spiro atoms. The molecule has 19 rings (SSSR count). The van der Waals surface area contributed by atoms with Crippen LogP contribution in [0.4, 0.5) is 13.2 Å². The molecule has 4 aliphatic heterocycles. The molecule has 0 atom stereocenters. The minimum atomic E-state index is -1.28. The number of hydrogen-bond donors (Lipinski definition) is 10. The van der Waals surface area contributed by atoms with Gasteiger partial charge in [0.15, 0.2) is 5.82 Å². The van der Waals surface area contributed by atoms with Crippen molar-refractivity contribution in [3.63, 3.8) is 0 Å². The number of carboxylic acids is 5. The van der Waals surface area contributed by atoms with Crippen molar-refractivity contribution in [3.8, 4) is 56.3 Å². The zero-order chi connectivity index (χ0) is 106. The van der Waals surface area contributed by atoms with Crippen LogP contribution >= 0.6 is 0 Å². The molecule has 0 saturated carbocycles. The van der Waals surface area contributed by atoms with Gasteiger partial charge in [0, 0.05) is 153 Å². The van der Waals surface area contributed by atoms with E-state index in [-0.39, 0.29) is 45.3 Å². The fraction of sp³-hybridized carbons (Fsp3) is 0.386. The van der Waals surface area contributed by atoms with Crippen LogP contribution in [0.5, 0.6) is 0 Å². The van der Waals surface area contributed by atoms with Crippen molar-refractivity contribution in [2.45, 2.75) is 179 Å². The van der Waals surface area contributed by atoms with E-state index in [1.54, 1.807) is 6.92 Å². The Morgan fingerprint density at radius 1 is 0.318 bits per heavy atom. The summed E-state index contributed by atoms with van der Waals surface area (Å²) in [5.74, 6) is -7.32. The van der Waals surface area contributed by atoms with Gasteiger partial charge in [-0.25, -0.2) is 37.1 Å². The highest BCUT2D eigenvalue weighted by Crippen LogP contribution is 2.40. The molecular weight excluding hydrogens is 1890 g/mol. The highest BCUT2D eigenvalue weighted by Gasteiger charge is 2.29. The fourth-order valence-corrected chi connectivity index (χ4v) is 21.5. The number of likely N-dealkylation sites (tertiary alicyclic amines) is 3. The second-order valence-electron chi connectivity index (χ2n) is 39.0. The number of nitrogens with one attached hydrogen (secondary N) is 5. The van der Waals surface area contributed by atoms with Gasteiger partial charge in [-0.15, -0.1) is 0 Å². The summed E-state index contributed by atoms with van der Waals surface area (Å²) in [5.41, 5.74) is 17.6. The second kappa shape index (κ2) is 46.2. The van der Waals surface area contributed by atoms with Crippen LogP contribution in [-0.4, -0.2) is 206 Å². The predicted octanol–water partition coefficient (Wildman–Crippen LogP) is 18.2. The van der Waals surface area contributed by atoms with Gasteiger partial charge in [0.1, 0.15) is 39.5 Å². The zero-order valence-corrected chi connectivity index (χ0v) is 86.8. The lowest BCUT2D eigenvalue weighted by Gasteiger charge is -2.26. The van der Waals surface area contributed by atoms with Crippen molar-refractivity contribution in [1.29, 1.82) is 0 Å². The number of carbonyl (C=O) groups is 5. The summed E-state index contributed by atoms with van der Waals surface area (Å²) in [7, 11) is 9.82. The highest BCUT2D eigenvalue weighted by atomic mass is 19.1. The predicted molar refractivity (Wildman–Crippen MR) is 572 cm³/mol. The van der Waals surface area contributed by atoms with Gasteiger partial charge in [0.2, 0.25) is 0 Å². The number of piperidine rings is 1. The number of halogens is 3. The number of ether oxygens (including phenoxy) is 1. The molecule has 0 amide bonds. The van der Waals surface area contributed by atoms with Gasteiger partial charge in [0.05, 0.1) is 69.3 Å². The molecule has 0 bridgehead atoms.